The number of hydrogen-bond acceptors (Lipinski definition) is 3. The maximum atomic E-state index is 6.10. The normalized spacial score (nSPS) is 15.7. The van der Waals surface area contributed by atoms with E-state index >= 15 is 0 Å². The number of rotatable bonds is 5. The second-order valence-electron chi connectivity index (χ2n) is 5.95. The van der Waals surface area contributed by atoms with Crippen LogP contribution in [0.1, 0.15) is 5.56 Å². The summed E-state index contributed by atoms with van der Waals surface area (Å²) >= 11 is 6.10. The van der Waals surface area contributed by atoms with Gasteiger partial charge in [-0.3, -0.25) is 4.90 Å². The zero-order valence-corrected chi connectivity index (χ0v) is 14.3. The van der Waals surface area contributed by atoms with Gasteiger partial charge in [-0.1, -0.05) is 35.9 Å². The number of ether oxygens (including phenoxy) is 1. The van der Waals surface area contributed by atoms with Gasteiger partial charge in [-0.05, 0) is 36.8 Å². The zero-order chi connectivity index (χ0) is 16.1. The number of halogens is 1. The summed E-state index contributed by atoms with van der Waals surface area (Å²) < 4.78 is 5.78. The first-order valence-electron chi connectivity index (χ1n) is 8.14. The highest BCUT2D eigenvalue weighted by Gasteiger charge is 2.17. The van der Waals surface area contributed by atoms with Crippen LogP contribution in [-0.4, -0.2) is 44.2 Å². The van der Waals surface area contributed by atoms with Crippen molar-refractivity contribution in [2.24, 2.45) is 0 Å². The van der Waals surface area contributed by atoms with E-state index < -0.39 is 0 Å². The van der Waals surface area contributed by atoms with Gasteiger partial charge in [0.05, 0.1) is 5.02 Å². The van der Waals surface area contributed by atoms with Gasteiger partial charge in [-0.15, -0.1) is 0 Å². The molecule has 0 radical (unpaired) electrons. The lowest BCUT2D eigenvalue weighted by molar-refractivity contribution is 0.200. The van der Waals surface area contributed by atoms with Crippen molar-refractivity contribution in [1.29, 1.82) is 0 Å². The molecule has 0 atom stereocenters. The Morgan fingerprint density at radius 1 is 1.00 bits per heavy atom. The molecule has 0 aliphatic carbocycles. The average Bonchev–Trinajstić information content (AvgIpc) is 2.57. The van der Waals surface area contributed by atoms with Crippen LogP contribution < -0.4 is 9.64 Å². The van der Waals surface area contributed by atoms with E-state index in [0.717, 1.165) is 38.5 Å². The van der Waals surface area contributed by atoms with Gasteiger partial charge in [0.15, 0.2) is 0 Å². The first-order chi connectivity index (χ1) is 11.2. The summed E-state index contributed by atoms with van der Waals surface area (Å²) in [4.78, 5) is 4.90. The van der Waals surface area contributed by atoms with E-state index in [1.165, 1.54) is 11.3 Å². The second kappa shape index (κ2) is 7.71. The molecule has 3 nitrogen and oxygen atoms in total. The quantitative estimate of drug-likeness (QED) is 0.828. The lowest BCUT2D eigenvalue weighted by Crippen LogP contribution is -2.47. The minimum atomic E-state index is 0.675. The van der Waals surface area contributed by atoms with Crippen LogP contribution in [0, 0.1) is 6.92 Å². The molecular formula is C19H23ClN2O. The molecule has 1 aliphatic rings. The van der Waals surface area contributed by atoms with Crippen LogP contribution in [0.3, 0.4) is 0 Å². The number of para-hydroxylation sites is 1. The standard InChI is InChI=1S/C19H23ClN2O/c1-16-5-4-6-17(15-16)22-11-9-21(10-12-22)13-14-23-19-8-3-2-7-18(19)20/h2-8,15H,9-14H2,1H3. The number of anilines is 1. The van der Waals surface area contributed by atoms with Crippen LogP contribution in [0.15, 0.2) is 48.5 Å². The molecule has 1 aliphatic heterocycles. The summed E-state index contributed by atoms with van der Waals surface area (Å²) in [5, 5.41) is 0.678. The van der Waals surface area contributed by atoms with Gasteiger partial charge < -0.3 is 9.64 Å². The largest absolute Gasteiger partial charge is 0.491 e. The van der Waals surface area contributed by atoms with Crippen LogP contribution in [0.5, 0.6) is 5.75 Å². The SMILES string of the molecule is Cc1cccc(N2CCN(CCOc3ccccc3Cl)CC2)c1. The number of benzene rings is 2. The molecule has 0 saturated carbocycles. The van der Waals surface area contributed by atoms with Crippen molar-refractivity contribution in [3.63, 3.8) is 0 Å². The van der Waals surface area contributed by atoms with Crippen molar-refractivity contribution in [3.8, 4) is 5.75 Å². The molecule has 0 unspecified atom stereocenters. The smallest absolute Gasteiger partial charge is 0.137 e. The van der Waals surface area contributed by atoms with Crippen molar-refractivity contribution in [2.45, 2.75) is 6.92 Å². The highest BCUT2D eigenvalue weighted by Crippen LogP contribution is 2.23. The highest BCUT2D eigenvalue weighted by molar-refractivity contribution is 6.32. The summed E-state index contributed by atoms with van der Waals surface area (Å²) in [6.07, 6.45) is 0. The number of hydrogen-bond donors (Lipinski definition) is 0. The maximum absolute atomic E-state index is 6.10. The molecule has 23 heavy (non-hydrogen) atoms. The van der Waals surface area contributed by atoms with Crippen LogP contribution in [0.25, 0.3) is 0 Å². The van der Waals surface area contributed by atoms with Gasteiger partial charge in [0.25, 0.3) is 0 Å². The Labute approximate surface area is 143 Å². The van der Waals surface area contributed by atoms with E-state index in [2.05, 4.69) is 41.0 Å². The first kappa shape index (κ1) is 16.2. The molecule has 3 rings (SSSR count). The molecule has 0 amide bonds. The van der Waals surface area contributed by atoms with Crippen molar-refractivity contribution in [2.75, 3.05) is 44.2 Å². The molecule has 4 heteroatoms. The van der Waals surface area contributed by atoms with E-state index in [-0.39, 0.29) is 0 Å². The lowest BCUT2D eigenvalue weighted by Gasteiger charge is -2.36. The molecular weight excluding hydrogens is 308 g/mol. The van der Waals surface area contributed by atoms with Crippen LogP contribution >= 0.6 is 11.6 Å². The molecule has 0 spiro atoms. The summed E-state index contributed by atoms with van der Waals surface area (Å²) in [7, 11) is 0. The average molecular weight is 331 g/mol. The third kappa shape index (κ3) is 4.40. The Morgan fingerprint density at radius 3 is 2.52 bits per heavy atom. The molecule has 0 aromatic heterocycles. The summed E-state index contributed by atoms with van der Waals surface area (Å²) in [6.45, 7) is 8.03. The van der Waals surface area contributed by atoms with Crippen molar-refractivity contribution >= 4 is 17.3 Å². The zero-order valence-electron chi connectivity index (χ0n) is 13.5. The van der Waals surface area contributed by atoms with Crippen LogP contribution in [0.4, 0.5) is 5.69 Å². The Hall–Kier alpha value is -1.71. The predicted molar refractivity (Wildman–Crippen MR) is 96.8 cm³/mol. The Balaban J connectivity index is 1.44. The topological polar surface area (TPSA) is 15.7 Å². The summed E-state index contributed by atoms with van der Waals surface area (Å²) in [5.41, 5.74) is 2.65. The van der Waals surface area contributed by atoms with Crippen LogP contribution in [0.2, 0.25) is 5.02 Å². The number of piperazine rings is 1. The van der Waals surface area contributed by atoms with Gasteiger partial charge in [0, 0.05) is 38.4 Å². The molecule has 1 saturated heterocycles. The van der Waals surface area contributed by atoms with Gasteiger partial charge in [0.2, 0.25) is 0 Å². The highest BCUT2D eigenvalue weighted by atomic mass is 35.5. The van der Waals surface area contributed by atoms with E-state index in [1.54, 1.807) is 0 Å². The van der Waals surface area contributed by atoms with E-state index in [4.69, 9.17) is 16.3 Å². The van der Waals surface area contributed by atoms with Gasteiger partial charge in [-0.25, -0.2) is 0 Å². The van der Waals surface area contributed by atoms with Gasteiger partial charge in [0.1, 0.15) is 12.4 Å². The first-order valence-corrected chi connectivity index (χ1v) is 8.51. The van der Waals surface area contributed by atoms with E-state index in [0.29, 0.717) is 11.6 Å². The second-order valence-corrected chi connectivity index (χ2v) is 6.35. The predicted octanol–water partition coefficient (Wildman–Crippen LogP) is 3.85. The van der Waals surface area contributed by atoms with Crippen molar-refractivity contribution in [1.82, 2.24) is 4.90 Å². The Morgan fingerprint density at radius 2 is 1.78 bits per heavy atom. The summed E-state index contributed by atoms with van der Waals surface area (Å²) in [6, 6.07) is 16.4. The minimum Gasteiger partial charge on any atom is -0.491 e. The maximum Gasteiger partial charge on any atom is 0.137 e. The third-order valence-corrected chi connectivity index (χ3v) is 4.55. The van der Waals surface area contributed by atoms with Crippen molar-refractivity contribution < 1.29 is 4.74 Å². The Kier molecular flexibility index (Phi) is 5.42. The monoisotopic (exact) mass is 330 g/mol. The van der Waals surface area contributed by atoms with Gasteiger partial charge in [-0.2, -0.15) is 0 Å². The van der Waals surface area contributed by atoms with Crippen LogP contribution in [-0.2, 0) is 0 Å². The fourth-order valence-electron chi connectivity index (χ4n) is 2.90. The summed E-state index contributed by atoms with van der Waals surface area (Å²) in [5.74, 6) is 0.771. The molecule has 122 valence electrons. The number of aryl methyl sites for hydroxylation is 1. The fraction of sp³-hybridized carbons (Fsp3) is 0.368. The van der Waals surface area contributed by atoms with Crippen molar-refractivity contribution in [3.05, 3.63) is 59.1 Å². The molecule has 0 N–H and O–H groups in total. The third-order valence-electron chi connectivity index (χ3n) is 4.24. The van der Waals surface area contributed by atoms with E-state index in [1.807, 2.05) is 24.3 Å². The van der Waals surface area contributed by atoms with E-state index in [9.17, 15) is 0 Å². The minimum absolute atomic E-state index is 0.675. The molecule has 2 aromatic rings. The molecule has 0 bridgehead atoms. The molecule has 1 heterocycles. The molecule has 1 fully saturated rings. The molecule has 2 aromatic carbocycles. The number of nitrogens with zero attached hydrogens (tertiary/aromatic N) is 2. The lowest BCUT2D eigenvalue weighted by atomic mass is 10.2. The Bertz CT molecular complexity index is 639. The van der Waals surface area contributed by atoms with Gasteiger partial charge >= 0.3 is 0 Å². The fourth-order valence-corrected chi connectivity index (χ4v) is 3.09.